The highest BCUT2D eigenvalue weighted by Gasteiger charge is 2.26. The number of aromatic hydroxyl groups is 1. The van der Waals surface area contributed by atoms with E-state index in [1.54, 1.807) is 13.1 Å². The van der Waals surface area contributed by atoms with Gasteiger partial charge in [0.25, 0.3) is 0 Å². The number of H-pyrrole nitrogens is 1. The molecule has 0 aliphatic heterocycles. The van der Waals surface area contributed by atoms with Crippen LogP contribution in [0.2, 0.25) is 0 Å². The Kier molecular flexibility index (Phi) is 5.21. The summed E-state index contributed by atoms with van der Waals surface area (Å²) in [6.07, 6.45) is 1.65. The molecule has 0 bridgehead atoms. The minimum atomic E-state index is -0.539. The molecule has 1 aromatic carbocycles. The van der Waals surface area contributed by atoms with Gasteiger partial charge >= 0.3 is 5.69 Å². The van der Waals surface area contributed by atoms with Crippen LogP contribution in [0.4, 0.5) is 5.82 Å². The first kappa shape index (κ1) is 19.6. The van der Waals surface area contributed by atoms with Crippen LogP contribution in [0, 0.1) is 6.92 Å². The molecule has 0 amide bonds. The first-order valence-corrected chi connectivity index (χ1v) is 8.50. The van der Waals surface area contributed by atoms with E-state index in [1.807, 2.05) is 12.1 Å². The van der Waals surface area contributed by atoms with Gasteiger partial charge in [-0.05, 0) is 35.4 Å². The van der Waals surface area contributed by atoms with Crippen LogP contribution in [0.25, 0.3) is 0 Å². The van der Waals surface area contributed by atoms with E-state index >= 15 is 0 Å². The van der Waals surface area contributed by atoms with Gasteiger partial charge in [0.05, 0.1) is 6.21 Å². The smallest absolute Gasteiger partial charge is 0.363 e. The molecule has 0 spiro atoms. The molecular formula is C19H27N5O2. The Balaban J connectivity index is 2.43. The quantitative estimate of drug-likeness (QED) is 0.578. The van der Waals surface area contributed by atoms with Crippen molar-refractivity contribution < 1.29 is 5.11 Å². The number of anilines is 1. The van der Waals surface area contributed by atoms with Gasteiger partial charge in [0.2, 0.25) is 0 Å². The van der Waals surface area contributed by atoms with E-state index in [4.69, 9.17) is 0 Å². The molecule has 0 atom stereocenters. The van der Waals surface area contributed by atoms with Gasteiger partial charge < -0.3 is 5.11 Å². The first-order chi connectivity index (χ1) is 11.9. The van der Waals surface area contributed by atoms with Crippen molar-refractivity contribution in [3.8, 4) is 5.75 Å². The maximum Gasteiger partial charge on any atom is 0.363 e. The average Bonchev–Trinajstić information content (AvgIpc) is 2.49. The molecule has 1 aromatic heterocycles. The lowest BCUT2D eigenvalue weighted by Gasteiger charge is -2.27. The molecule has 3 N–H and O–H groups in total. The van der Waals surface area contributed by atoms with Crippen molar-refractivity contribution in [3.63, 3.8) is 0 Å². The fourth-order valence-corrected chi connectivity index (χ4v) is 2.54. The number of hydrogen-bond donors (Lipinski definition) is 3. The molecular weight excluding hydrogens is 330 g/mol. The molecule has 7 heteroatoms. The molecule has 0 radical (unpaired) electrons. The van der Waals surface area contributed by atoms with Crippen LogP contribution in [0.5, 0.6) is 5.75 Å². The summed E-state index contributed by atoms with van der Waals surface area (Å²) in [5.41, 5.74) is 4.89. The maximum absolute atomic E-state index is 11.3. The van der Waals surface area contributed by atoms with E-state index in [2.05, 4.69) is 67.3 Å². The third-order valence-electron chi connectivity index (χ3n) is 4.01. The number of nitrogens with zero attached hydrogens (tertiary/aromatic N) is 3. The Morgan fingerprint density at radius 2 is 1.65 bits per heavy atom. The number of benzene rings is 1. The number of phenols is 1. The highest BCUT2D eigenvalue weighted by molar-refractivity contribution is 5.82. The minimum absolute atomic E-state index is 0.212. The molecule has 0 saturated heterocycles. The summed E-state index contributed by atoms with van der Waals surface area (Å²) in [7, 11) is 0. The average molecular weight is 357 g/mol. The van der Waals surface area contributed by atoms with Crippen LogP contribution in [-0.2, 0) is 10.8 Å². The van der Waals surface area contributed by atoms with Crippen molar-refractivity contribution in [2.45, 2.75) is 59.3 Å². The Morgan fingerprint density at radius 3 is 2.15 bits per heavy atom. The lowest BCUT2D eigenvalue weighted by atomic mass is 9.78. The lowest BCUT2D eigenvalue weighted by molar-refractivity contribution is 0.423. The number of aromatic nitrogens is 3. The third-order valence-corrected chi connectivity index (χ3v) is 4.01. The van der Waals surface area contributed by atoms with E-state index < -0.39 is 5.69 Å². The van der Waals surface area contributed by atoms with Crippen LogP contribution in [-0.4, -0.2) is 26.5 Å². The van der Waals surface area contributed by atoms with E-state index in [9.17, 15) is 9.90 Å². The van der Waals surface area contributed by atoms with Crippen LogP contribution < -0.4 is 11.1 Å². The largest absolute Gasteiger partial charge is 0.507 e. The van der Waals surface area contributed by atoms with Crippen LogP contribution in [0.3, 0.4) is 0 Å². The summed E-state index contributed by atoms with van der Waals surface area (Å²) in [5.74, 6) is 0.627. The highest BCUT2D eigenvalue weighted by Crippen LogP contribution is 2.39. The van der Waals surface area contributed by atoms with Gasteiger partial charge in [-0.3, -0.25) is 5.43 Å². The van der Waals surface area contributed by atoms with Crippen molar-refractivity contribution in [3.05, 3.63) is 45.0 Å². The Hall–Kier alpha value is -2.70. The van der Waals surface area contributed by atoms with Crippen molar-refractivity contribution in [2.24, 2.45) is 5.10 Å². The maximum atomic E-state index is 11.3. The topological polar surface area (TPSA) is 103 Å². The summed E-state index contributed by atoms with van der Waals surface area (Å²) >= 11 is 0. The minimum Gasteiger partial charge on any atom is -0.507 e. The monoisotopic (exact) mass is 357 g/mol. The number of nitrogens with one attached hydrogen (secondary N) is 2. The number of hydrogen-bond acceptors (Lipinski definition) is 6. The number of hydrazone groups is 1. The van der Waals surface area contributed by atoms with E-state index in [0.717, 1.165) is 16.7 Å². The predicted octanol–water partition coefficient (Wildman–Crippen LogP) is 3.22. The SMILES string of the molecule is Cc1n[nH]c(=O)nc1N/N=C\c1cc(C(C)(C)C)c(O)c(C(C)(C)C)c1. The normalized spacial score (nSPS) is 12.6. The molecule has 26 heavy (non-hydrogen) atoms. The van der Waals surface area contributed by atoms with E-state index in [-0.39, 0.29) is 10.8 Å². The van der Waals surface area contributed by atoms with Crippen molar-refractivity contribution >= 4 is 12.0 Å². The predicted molar refractivity (Wildman–Crippen MR) is 104 cm³/mol. The van der Waals surface area contributed by atoms with Gasteiger partial charge in [0, 0.05) is 11.1 Å². The first-order valence-electron chi connectivity index (χ1n) is 8.50. The van der Waals surface area contributed by atoms with Crippen LogP contribution in [0.1, 0.15) is 63.9 Å². The molecule has 0 aliphatic carbocycles. The second kappa shape index (κ2) is 6.90. The highest BCUT2D eigenvalue weighted by atomic mass is 16.3. The fraction of sp³-hybridized carbons (Fsp3) is 0.474. The zero-order valence-corrected chi connectivity index (χ0v) is 16.4. The zero-order chi connectivity index (χ0) is 19.7. The second-order valence-corrected chi connectivity index (χ2v) is 8.41. The zero-order valence-electron chi connectivity index (χ0n) is 16.4. The molecule has 140 valence electrons. The number of phenolic OH excluding ortho intramolecular Hbond substituents is 1. The fourth-order valence-electron chi connectivity index (χ4n) is 2.54. The van der Waals surface area contributed by atoms with E-state index in [1.165, 1.54) is 0 Å². The van der Waals surface area contributed by atoms with Gasteiger partial charge in [0.15, 0.2) is 5.82 Å². The van der Waals surface area contributed by atoms with E-state index in [0.29, 0.717) is 17.3 Å². The molecule has 0 fully saturated rings. The third kappa shape index (κ3) is 4.47. The number of rotatable bonds is 3. The summed E-state index contributed by atoms with van der Waals surface area (Å²) in [6.45, 7) is 14.1. The van der Waals surface area contributed by atoms with Gasteiger partial charge in [-0.25, -0.2) is 9.89 Å². The van der Waals surface area contributed by atoms with Crippen LogP contribution >= 0.6 is 0 Å². The summed E-state index contributed by atoms with van der Waals surface area (Å²) in [4.78, 5) is 15.1. The molecule has 0 saturated carbocycles. The summed E-state index contributed by atoms with van der Waals surface area (Å²) in [6, 6.07) is 3.85. The van der Waals surface area contributed by atoms with Gasteiger partial charge in [-0.15, -0.1) is 0 Å². The van der Waals surface area contributed by atoms with Crippen molar-refractivity contribution in [1.29, 1.82) is 0 Å². The van der Waals surface area contributed by atoms with Gasteiger partial charge in [-0.2, -0.15) is 15.2 Å². The summed E-state index contributed by atoms with van der Waals surface area (Å²) in [5, 5.41) is 21.0. The van der Waals surface area contributed by atoms with Crippen molar-refractivity contribution in [1.82, 2.24) is 15.2 Å². The lowest BCUT2D eigenvalue weighted by Crippen LogP contribution is -2.18. The molecule has 0 unspecified atom stereocenters. The second-order valence-electron chi connectivity index (χ2n) is 8.41. The van der Waals surface area contributed by atoms with Gasteiger partial charge in [0.1, 0.15) is 11.4 Å². The number of aromatic amines is 1. The Morgan fingerprint density at radius 1 is 1.12 bits per heavy atom. The number of aryl methyl sites for hydroxylation is 1. The Labute approximate surface area is 153 Å². The standard InChI is InChI=1S/C19H27N5O2/c1-11-16(21-17(26)24-22-11)23-20-10-12-8-13(18(2,3)4)15(25)14(9-12)19(5,6)7/h8-10,25H,1-7H3,(H2,21,23,24,26)/b20-10-. The van der Waals surface area contributed by atoms with Gasteiger partial charge in [-0.1, -0.05) is 41.5 Å². The molecule has 2 aromatic rings. The molecule has 7 nitrogen and oxygen atoms in total. The van der Waals surface area contributed by atoms with Crippen molar-refractivity contribution in [2.75, 3.05) is 5.43 Å². The molecule has 2 rings (SSSR count). The summed E-state index contributed by atoms with van der Waals surface area (Å²) < 4.78 is 0. The Bertz CT molecular complexity index is 851. The molecule has 1 heterocycles. The van der Waals surface area contributed by atoms with Crippen LogP contribution in [0.15, 0.2) is 22.0 Å². The molecule has 0 aliphatic rings.